The summed E-state index contributed by atoms with van der Waals surface area (Å²) in [5.41, 5.74) is 3.07. The number of hydrogen-bond acceptors (Lipinski definition) is 10. The highest BCUT2D eigenvalue weighted by Crippen LogP contribution is 2.47. The maximum absolute atomic E-state index is 12.4. The fraction of sp³-hybridized carbons (Fsp3) is 0.738. The summed E-state index contributed by atoms with van der Waals surface area (Å²) < 4.78 is 11.1. The fourth-order valence-corrected chi connectivity index (χ4v) is 24.8. The Hall–Kier alpha value is -3.33. The van der Waals surface area contributed by atoms with Crippen LogP contribution < -0.4 is 21.3 Å². The van der Waals surface area contributed by atoms with Crippen LogP contribution in [0.15, 0.2) is 36.4 Å². The first-order valence-electron chi connectivity index (χ1n) is 30.0. The first kappa shape index (κ1) is 64.0. The van der Waals surface area contributed by atoms with Crippen LogP contribution >= 0.6 is 0 Å². The highest BCUT2D eigenvalue weighted by Gasteiger charge is 2.31. The highest BCUT2D eigenvalue weighted by atomic mass is 28.4. The van der Waals surface area contributed by atoms with Crippen molar-refractivity contribution in [3.05, 3.63) is 36.4 Å². The van der Waals surface area contributed by atoms with Crippen molar-refractivity contribution in [3.8, 4) is 11.5 Å². The summed E-state index contributed by atoms with van der Waals surface area (Å²) in [5.74, 6) is 0.169. The van der Waals surface area contributed by atoms with Gasteiger partial charge in [0.2, 0.25) is 0 Å². The molecule has 0 aliphatic rings. The minimum absolute atomic E-state index is 0.0658. The van der Waals surface area contributed by atoms with Gasteiger partial charge in [0.1, 0.15) is 11.5 Å². The number of unbranched alkanes of at least 4 members (excludes halogenated alkanes) is 21. The van der Waals surface area contributed by atoms with Gasteiger partial charge in [-0.05, 0) is 70.2 Å². The van der Waals surface area contributed by atoms with Crippen molar-refractivity contribution in [2.45, 2.75) is 238 Å². The Morgan fingerprint density at radius 3 is 1.16 bits per heavy atom. The second-order valence-corrected chi connectivity index (χ2v) is 34.0. The number of carbonyl (C=O) groups excluding carboxylic acids is 2. The van der Waals surface area contributed by atoms with Crippen LogP contribution in [0.4, 0.5) is 11.4 Å². The van der Waals surface area contributed by atoms with Crippen LogP contribution in [0.2, 0.25) is 43.9 Å². The average Bonchev–Trinajstić information content (AvgIpc) is 3.36. The van der Waals surface area contributed by atoms with Gasteiger partial charge in [0.05, 0.1) is 36.8 Å². The van der Waals surface area contributed by atoms with Crippen molar-refractivity contribution in [1.82, 2.24) is 10.6 Å². The molecule has 3 aromatic carbocycles. The van der Waals surface area contributed by atoms with Crippen LogP contribution in [-0.4, -0.2) is 90.8 Å². The number of aromatic hydroxyl groups is 2. The summed E-state index contributed by atoms with van der Waals surface area (Å²) in [5, 5.41) is 39.5. The third kappa shape index (κ3) is 28.4. The molecule has 12 heteroatoms. The Balaban J connectivity index is 1.13. The fourth-order valence-electron chi connectivity index (χ4n) is 10.8. The molecule has 0 aliphatic heterocycles. The number of phenolic OH excluding ortho intramolecular Hbond substituents is 2. The number of nitrogens with one attached hydrogen (secondary N) is 4. The maximum atomic E-state index is 12.4. The molecule has 0 aromatic heterocycles. The number of rotatable bonds is 47. The van der Waals surface area contributed by atoms with Gasteiger partial charge < -0.3 is 41.0 Å². The summed E-state index contributed by atoms with van der Waals surface area (Å²) in [6, 6.07) is 14.1. The lowest BCUT2D eigenvalue weighted by Gasteiger charge is -2.32. The van der Waals surface area contributed by atoms with Crippen molar-refractivity contribution in [3.63, 3.8) is 0 Å². The van der Waals surface area contributed by atoms with E-state index in [0.717, 1.165) is 95.3 Å². The number of phenols is 2. The van der Waals surface area contributed by atoms with E-state index in [4.69, 9.17) is 9.47 Å². The van der Waals surface area contributed by atoms with E-state index in [9.17, 15) is 19.8 Å². The van der Waals surface area contributed by atoms with E-state index in [-0.39, 0.29) is 23.4 Å². The van der Waals surface area contributed by atoms with Crippen molar-refractivity contribution in [2.24, 2.45) is 0 Å². The molecule has 0 bridgehead atoms. The molecule has 0 amide bonds. The lowest BCUT2D eigenvalue weighted by Crippen LogP contribution is -2.40. The molecule has 0 atom stereocenters. The molecule has 0 fully saturated rings. The molecule has 0 saturated heterocycles. The second kappa shape index (κ2) is 39.1. The van der Waals surface area contributed by atoms with E-state index in [1.54, 1.807) is 0 Å². The van der Waals surface area contributed by atoms with Gasteiger partial charge in [-0.3, -0.25) is 9.59 Å². The van der Waals surface area contributed by atoms with Gasteiger partial charge in [-0.15, -0.1) is 0 Å². The van der Waals surface area contributed by atoms with Crippen molar-refractivity contribution in [1.29, 1.82) is 0 Å². The molecule has 10 nitrogen and oxygen atoms in total. The standard InChI is InChI=1S/C61H108N4O6Si2/c1-7-9-11-13-14-15-16-17-18-19-20-21-22-23-25-31-47-70-56(66)39-45-62-41-33-49-72(3,4)51-73(5,6)50-34-42-63-46-40-57(67)71-48-32-26-24-30-44-65-55-38-37-54(64-43-29-12-10-8-2)58-59(55)61(69)53-36-28-27-35-52(53)60(58)68/h27-28,35-38,62-65,68-69H,7-26,29-34,39-51H2,1-6H3. The van der Waals surface area contributed by atoms with E-state index >= 15 is 0 Å². The largest absolute Gasteiger partial charge is 0.507 e. The molecule has 0 spiro atoms. The SMILES string of the molecule is CCCCCCCCCCCCCCCCCCOC(=O)CCNCCC[Si](C)(C)C[Si](C)(C)CCCNCCC(=O)OCCCCCCNc1ccc(NCCCCCC)c2c(O)c3ccccc3c(O)c12. The second-order valence-electron chi connectivity index (χ2n) is 22.9. The van der Waals surface area contributed by atoms with Crippen LogP contribution in [0, 0.1) is 0 Å². The molecule has 3 aromatic rings. The van der Waals surface area contributed by atoms with Crippen LogP contribution in [0.25, 0.3) is 21.5 Å². The predicted molar refractivity (Wildman–Crippen MR) is 319 cm³/mol. The van der Waals surface area contributed by atoms with Crippen LogP contribution in [0.1, 0.15) is 194 Å². The number of benzene rings is 3. The van der Waals surface area contributed by atoms with Crippen LogP contribution in [-0.2, 0) is 19.1 Å². The van der Waals surface area contributed by atoms with E-state index < -0.39 is 16.1 Å². The molecule has 0 heterocycles. The zero-order valence-electron chi connectivity index (χ0n) is 47.6. The maximum Gasteiger partial charge on any atom is 0.307 e. The summed E-state index contributed by atoms with van der Waals surface area (Å²) in [6.07, 6.45) is 33.1. The first-order valence-corrected chi connectivity index (χ1v) is 36.8. The van der Waals surface area contributed by atoms with Gasteiger partial charge in [0.25, 0.3) is 0 Å². The van der Waals surface area contributed by atoms with Crippen LogP contribution in [0.5, 0.6) is 11.5 Å². The molecular weight excluding hydrogens is 941 g/mol. The van der Waals surface area contributed by atoms with Gasteiger partial charge in [-0.2, -0.15) is 0 Å². The van der Waals surface area contributed by atoms with Crippen molar-refractivity contribution >= 4 is 61.0 Å². The molecule has 416 valence electrons. The number of esters is 2. The Kier molecular flexibility index (Phi) is 34.3. The summed E-state index contributed by atoms with van der Waals surface area (Å²) in [4.78, 5) is 24.7. The molecule has 0 radical (unpaired) electrons. The molecule has 0 unspecified atom stereocenters. The van der Waals surface area contributed by atoms with Gasteiger partial charge in [0.15, 0.2) is 0 Å². The zero-order valence-corrected chi connectivity index (χ0v) is 49.6. The molecule has 73 heavy (non-hydrogen) atoms. The number of ether oxygens (including phenoxy) is 2. The quantitative estimate of drug-likeness (QED) is 0.0106. The summed E-state index contributed by atoms with van der Waals surface area (Å²) in [6.45, 7) is 20.5. The van der Waals surface area contributed by atoms with Gasteiger partial charge in [-0.1, -0.05) is 204 Å². The third-order valence-electron chi connectivity index (χ3n) is 14.8. The summed E-state index contributed by atoms with van der Waals surface area (Å²) >= 11 is 0. The van der Waals surface area contributed by atoms with Crippen LogP contribution in [0.3, 0.4) is 0 Å². The van der Waals surface area contributed by atoms with E-state index in [1.807, 2.05) is 36.4 Å². The zero-order chi connectivity index (χ0) is 52.8. The van der Waals surface area contributed by atoms with E-state index in [0.29, 0.717) is 60.7 Å². The molecule has 0 aliphatic carbocycles. The Morgan fingerprint density at radius 1 is 0.438 bits per heavy atom. The molecular formula is C61H108N4O6Si2. The van der Waals surface area contributed by atoms with E-state index in [2.05, 4.69) is 61.3 Å². The molecule has 3 rings (SSSR count). The lowest BCUT2D eigenvalue weighted by molar-refractivity contribution is -0.144. The third-order valence-corrected chi connectivity index (χ3v) is 25.8. The number of carbonyl (C=O) groups is 2. The van der Waals surface area contributed by atoms with Gasteiger partial charge >= 0.3 is 11.9 Å². The Bertz CT molecular complexity index is 1930. The Morgan fingerprint density at radius 2 is 0.781 bits per heavy atom. The average molecular weight is 1050 g/mol. The number of fused-ring (bicyclic) bond motifs is 2. The van der Waals surface area contributed by atoms with Gasteiger partial charge in [0, 0.05) is 64.5 Å². The van der Waals surface area contributed by atoms with Crippen molar-refractivity contribution in [2.75, 3.05) is 63.1 Å². The van der Waals surface area contributed by atoms with Gasteiger partial charge in [-0.25, -0.2) is 0 Å². The van der Waals surface area contributed by atoms with Crippen molar-refractivity contribution < 1.29 is 29.3 Å². The Labute approximate surface area is 447 Å². The minimum atomic E-state index is -1.31. The lowest BCUT2D eigenvalue weighted by atomic mass is 9.97. The van der Waals surface area contributed by atoms with E-state index in [1.165, 1.54) is 127 Å². The topological polar surface area (TPSA) is 141 Å². The number of hydrogen-bond donors (Lipinski definition) is 6. The number of anilines is 2. The molecule has 6 N–H and O–H groups in total. The normalized spacial score (nSPS) is 12.0. The predicted octanol–water partition coefficient (Wildman–Crippen LogP) is 16.4. The summed E-state index contributed by atoms with van der Waals surface area (Å²) in [7, 11) is -2.62. The smallest absolute Gasteiger partial charge is 0.307 e. The first-order chi connectivity index (χ1) is 35.4. The minimum Gasteiger partial charge on any atom is -0.507 e. The molecule has 0 saturated carbocycles. The monoisotopic (exact) mass is 1050 g/mol. The highest BCUT2D eigenvalue weighted by molar-refractivity contribution is 6.95.